The van der Waals surface area contributed by atoms with E-state index < -0.39 is 6.61 Å². The van der Waals surface area contributed by atoms with Crippen molar-refractivity contribution in [1.29, 1.82) is 0 Å². The van der Waals surface area contributed by atoms with Crippen LogP contribution in [0.3, 0.4) is 0 Å². The highest BCUT2D eigenvalue weighted by Gasteiger charge is 2.20. The van der Waals surface area contributed by atoms with E-state index in [0.29, 0.717) is 29.9 Å². The Morgan fingerprint density at radius 1 is 1.33 bits per heavy atom. The average Bonchev–Trinajstić information content (AvgIpc) is 2.67. The summed E-state index contributed by atoms with van der Waals surface area (Å²) in [5.74, 6) is 1.21. The van der Waals surface area contributed by atoms with E-state index in [2.05, 4.69) is 31.8 Å². The molecule has 1 aromatic rings. The zero-order valence-corrected chi connectivity index (χ0v) is 20.2. The monoisotopic (exact) mass is 538 g/mol. The molecule has 0 aromatic heterocycles. The Bertz CT molecular complexity index is 696. The lowest BCUT2D eigenvalue weighted by Crippen LogP contribution is -2.48. The Hall–Kier alpha value is -1.62. The average molecular weight is 538 g/mol. The zero-order chi connectivity index (χ0) is 21.2. The standard InChI is InChI=1S/C21H32F2N4O2.HI/c1-5-24-21(26-17-8-10-27(11-9-17)14-15(2)3)25-13-16-6-7-18(28-4)12-19(16)29-20(22)23;/h6-7,12,17,20H,2,5,8-11,13-14H2,1,3-4H3,(H2,24,25,26);1H. The van der Waals surface area contributed by atoms with Gasteiger partial charge >= 0.3 is 6.61 Å². The van der Waals surface area contributed by atoms with Crippen LogP contribution in [0.15, 0.2) is 35.3 Å². The number of hydrogen-bond acceptors (Lipinski definition) is 4. The first-order valence-electron chi connectivity index (χ1n) is 9.94. The smallest absolute Gasteiger partial charge is 0.387 e. The summed E-state index contributed by atoms with van der Waals surface area (Å²) in [6.45, 7) is 9.00. The number of ether oxygens (including phenoxy) is 2. The molecule has 0 radical (unpaired) electrons. The van der Waals surface area contributed by atoms with Gasteiger partial charge in [-0.1, -0.05) is 12.2 Å². The molecule has 1 fully saturated rings. The minimum Gasteiger partial charge on any atom is -0.497 e. The number of hydrogen-bond donors (Lipinski definition) is 2. The number of halogens is 3. The second-order valence-corrected chi connectivity index (χ2v) is 7.20. The van der Waals surface area contributed by atoms with Crippen molar-refractivity contribution in [2.45, 2.75) is 45.9 Å². The number of piperidine rings is 1. The van der Waals surface area contributed by atoms with Crippen molar-refractivity contribution in [3.8, 4) is 11.5 Å². The first kappa shape index (κ1) is 26.4. The molecular weight excluding hydrogens is 505 g/mol. The lowest BCUT2D eigenvalue weighted by molar-refractivity contribution is -0.0505. The number of likely N-dealkylation sites (tertiary alicyclic amines) is 1. The summed E-state index contributed by atoms with van der Waals surface area (Å²) in [6, 6.07) is 5.18. The molecule has 6 nitrogen and oxygen atoms in total. The highest BCUT2D eigenvalue weighted by molar-refractivity contribution is 14.0. The highest BCUT2D eigenvalue weighted by atomic mass is 127. The van der Waals surface area contributed by atoms with E-state index in [0.717, 1.165) is 32.5 Å². The molecule has 1 heterocycles. The molecule has 0 aliphatic carbocycles. The van der Waals surface area contributed by atoms with Crippen molar-refractivity contribution >= 4 is 29.9 Å². The summed E-state index contributed by atoms with van der Waals surface area (Å²) < 4.78 is 35.2. The molecule has 0 atom stereocenters. The maximum atomic E-state index is 12.7. The Morgan fingerprint density at radius 2 is 2.03 bits per heavy atom. The molecule has 9 heteroatoms. The number of nitrogens with zero attached hydrogens (tertiary/aromatic N) is 2. The quantitative estimate of drug-likeness (QED) is 0.216. The van der Waals surface area contributed by atoms with Gasteiger partial charge in [0, 0.05) is 43.9 Å². The molecule has 2 N–H and O–H groups in total. The van der Waals surface area contributed by atoms with E-state index in [1.54, 1.807) is 12.1 Å². The summed E-state index contributed by atoms with van der Waals surface area (Å²) in [5.41, 5.74) is 1.74. The Labute approximate surface area is 195 Å². The van der Waals surface area contributed by atoms with Gasteiger partial charge in [-0.3, -0.25) is 4.90 Å². The van der Waals surface area contributed by atoms with E-state index >= 15 is 0 Å². The number of aliphatic imine (C=N–C) groups is 1. The summed E-state index contributed by atoms with van der Waals surface area (Å²) in [5, 5.41) is 6.68. The lowest BCUT2D eigenvalue weighted by Gasteiger charge is -2.33. The van der Waals surface area contributed by atoms with E-state index in [1.165, 1.54) is 18.7 Å². The van der Waals surface area contributed by atoms with Gasteiger partial charge in [-0.2, -0.15) is 8.78 Å². The summed E-state index contributed by atoms with van der Waals surface area (Å²) >= 11 is 0. The number of alkyl halides is 2. The van der Waals surface area contributed by atoms with E-state index in [-0.39, 0.29) is 36.3 Å². The number of benzene rings is 1. The van der Waals surface area contributed by atoms with E-state index in [1.807, 2.05) is 13.8 Å². The van der Waals surface area contributed by atoms with Crippen LogP contribution in [0.25, 0.3) is 0 Å². The maximum absolute atomic E-state index is 12.7. The molecule has 1 aliphatic heterocycles. The molecule has 170 valence electrons. The van der Waals surface area contributed by atoms with Crippen molar-refractivity contribution in [3.63, 3.8) is 0 Å². The lowest BCUT2D eigenvalue weighted by atomic mass is 10.0. The van der Waals surface area contributed by atoms with Crippen LogP contribution >= 0.6 is 24.0 Å². The van der Waals surface area contributed by atoms with Crippen LogP contribution in [-0.2, 0) is 6.54 Å². The minimum atomic E-state index is -2.90. The van der Waals surface area contributed by atoms with Gasteiger partial charge in [0.1, 0.15) is 11.5 Å². The fourth-order valence-corrected chi connectivity index (χ4v) is 3.29. The summed E-state index contributed by atoms with van der Waals surface area (Å²) in [7, 11) is 1.48. The first-order valence-corrected chi connectivity index (χ1v) is 9.94. The minimum absolute atomic E-state index is 0. The molecule has 1 saturated heterocycles. The third-order valence-electron chi connectivity index (χ3n) is 4.66. The SMILES string of the molecule is C=C(C)CN1CCC(NC(=NCc2ccc(OC)cc2OC(F)F)NCC)CC1.I. The van der Waals surface area contributed by atoms with Crippen LogP contribution < -0.4 is 20.1 Å². The third kappa shape index (κ3) is 9.03. The molecule has 0 amide bonds. The topological polar surface area (TPSA) is 58.1 Å². The molecule has 1 aromatic carbocycles. The number of methoxy groups -OCH3 is 1. The fourth-order valence-electron chi connectivity index (χ4n) is 3.29. The number of rotatable bonds is 9. The van der Waals surface area contributed by atoms with Gasteiger partial charge in [-0.25, -0.2) is 4.99 Å². The first-order chi connectivity index (χ1) is 13.9. The van der Waals surface area contributed by atoms with Crippen LogP contribution in [0.5, 0.6) is 11.5 Å². The van der Waals surface area contributed by atoms with Gasteiger partial charge in [0.05, 0.1) is 13.7 Å². The normalized spacial score (nSPS) is 15.5. The van der Waals surface area contributed by atoms with Gasteiger partial charge in [-0.15, -0.1) is 24.0 Å². The van der Waals surface area contributed by atoms with Gasteiger partial charge in [0.2, 0.25) is 0 Å². The van der Waals surface area contributed by atoms with Gasteiger partial charge < -0.3 is 20.1 Å². The van der Waals surface area contributed by atoms with E-state index in [4.69, 9.17) is 4.74 Å². The second kappa shape index (κ2) is 13.6. The molecule has 0 saturated carbocycles. The van der Waals surface area contributed by atoms with Crippen molar-refractivity contribution in [3.05, 3.63) is 35.9 Å². The van der Waals surface area contributed by atoms with E-state index in [9.17, 15) is 8.78 Å². The zero-order valence-electron chi connectivity index (χ0n) is 17.9. The van der Waals surface area contributed by atoms with Gasteiger partial charge in [0.25, 0.3) is 0 Å². The molecule has 0 spiro atoms. The third-order valence-corrected chi connectivity index (χ3v) is 4.66. The van der Waals surface area contributed by atoms with Crippen LogP contribution in [0.2, 0.25) is 0 Å². The number of nitrogens with one attached hydrogen (secondary N) is 2. The Kier molecular flexibility index (Phi) is 12.0. The predicted octanol–water partition coefficient (Wildman–Crippen LogP) is 4.01. The second-order valence-electron chi connectivity index (χ2n) is 7.20. The van der Waals surface area contributed by atoms with Gasteiger partial charge in [-0.05, 0) is 38.8 Å². The molecule has 1 aliphatic rings. The highest BCUT2D eigenvalue weighted by Crippen LogP contribution is 2.27. The van der Waals surface area contributed by atoms with Crippen molar-refractivity contribution in [2.75, 3.05) is 33.3 Å². The van der Waals surface area contributed by atoms with Gasteiger partial charge in [0.15, 0.2) is 5.96 Å². The van der Waals surface area contributed by atoms with Crippen LogP contribution in [0, 0.1) is 0 Å². The fraction of sp³-hybridized carbons (Fsp3) is 0.571. The molecular formula is C21H33F2IN4O2. The predicted molar refractivity (Wildman–Crippen MR) is 127 cm³/mol. The maximum Gasteiger partial charge on any atom is 0.387 e. The Morgan fingerprint density at radius 3 is 2.60 bits per heavy atom. The Balaban J connectivity index is 0.00000450. The van der Waals surface area contributed by atoms with Crippen molar-refractivity contribution < 1.29 is 18.3 Å². The van der Waals surface area contributed by atoms with Crippen molar-refractivity contribution in [2.24, 2.45) is 4.99 Å². The van der Waals surface area contributed by atoms with Crippen molar-refractivity contribution in [1.82, 2.24) is 15.5 Å². The molecule has 2 rings (SSSR count). The van der Waals surface area contributed by atoms with Crippen LogP contribution in [0.4, 0.5) is 8.78 Å². The summed E-state index contributed by atoms with van der Waals surface area (Å²) in [4.78, 5) is 6.97. The van der Waals surface area contributed by atoms with Crippen LogP contribution in [0.1, 0.15) is 32.3 Å². The molecule has 0 unspecified atom stereocenters. The molecule has 0 bridgehead atoms. The largest absolute Gasteiger partial charge is 0.497 e. The summed E-state index contributed by atoms with van der Waals surface area (Å²) in [6.07, 6.45) is 2.03. The van der Waals surface area contributed by atoms with Crippen LogP contribution in [-0.4, -0.2) is 56.8 Å². The molecule has 30 heavy (non-hydrogen) atoms. The number of guanidine groups is 1.